The highest BCUT2D eigenvalue weighted by Gasteiger charge is 2.30. The summed E-state index contributed by atoms with van der Waals surface area (Å²) in [7, 11) is -3.71. The molecular formula is C15H24N2O3S. The number of nitrogen functional groups attached to an aromatic ring is 1. The number of nitrogens with one attached hydrogen (secondary N) is 1. The van der Waals surface area contributed by atoms with Crippen molar-refractivity contribution in [2.75, 3.05) is 12.3 Å². The van der Waals surface area contributed by atoms with E-state index >= 15 is 0 Å². The van der Waals surface area contributed by atoms with E-state index in [2.05, 4.69) is 4.72 Å². The van der Waals surface area contributed by atoms with Crippen molar-refractivity contribution in [3.63, 3.8) is 0 Å². The van der Waals surface area contributed by atoms with Crippen LogP contribution in [0, 0.1) is 6.92 Å². The molecule has 118 valence electrons. The number of aryl methyl sites for hydroxylation is 1. The summed E-state index contributed by atoms with van der Waals surface area (Å²) in [5.41, 5.74) is 5.69. The molecule has 0 spiro atoms. The fraction of sp³-hybridized carbons (Fsp3) is 0.600. The van der Waals surface area contributed by atoms with Crippen molar-refractivity contribution in [2.45, 2.75) is 55.9 Å². The molecule has 0 aromatic heterocycles. The number of hydrogen-bond acceptors (Lipinski definition) is 4. The summed E-state index contributed by atoms with van der Waals surface area (Å²) in [6.45, 7) is 1.76. The maximum atomic E-state index is 12.4. The number of aliphatic hydroxyl groups is 1. The third kappa shape index (κ3) is 3.96. The highest BCUT2D eigenvalue weighted by molar-refractivity contribution is 7.89. The summed E-state index contributed by atoms with van der Waals surface area (Å²) in [6, 6.07) is 5.01. The number of anilines is 1. The Hall–Kier alpha value is -1.11. The van der Waals surface area contributed by atoms with Gasteiger partial charge in [0.25, 0.3) is 0 Å². The summed E-state index contributed by atoms with van der Waals surface area (Å²) in [6.07, 6.45) is 5.34. The monoisotopic (exact) mass is 312 g/mol. The number of sulfonamides is 1. The topological polar surface area (TPSA) is 92.4 Å². The smallest absolute Gasteiger partial charge is 0.242 e. The van der Waals surface area contributed by atoms with Gasteiger partial charge in [0, 0.05) is 6.54 Å². The van der Waals surface area contributed by atoms with Crippen LogP contribution in [0.15, 0.2) is 23.1 Å². The molecule has 4 N–H and O–H groups in total. The zero-order valence-corrected chi connectivity index (χ0v) is 13.2. The molecule has 0 saturated heterocycles. The molecule has 1 aliphatic rings. The second-order valence-corrected chi connectivity index (χ2v) is 7.66. The molecule has 5 nitrogen and oxygen atoms in total. The molecule has 0 bridgehead atoms. The first kappa shape index (κ1) is 16.3. The summed E-state index contributed by atoms with van der Waals surface area (Å²) < 4.78 is 27.4. The fourth-order valence-corrected chi connectivity index (χ4v) is 4.38. The zero-order chi connectivity index (χ0) is 15.5. The lowest BCUT2D eigenvalue weighted by Crippen LogP contribution is -2.42. The molecule has 0 atom stereocenters. The van der Waals surface area contributed by atoms with E-state index in [1.165, 1.54) is 0 Å². The Morgan fingerprint density at radius 3 is 2.43 bits per heavy atom. The predicted molar refractivity (Wildman–Crippen MR) is 83.4 cm³/mol. The number of rotatable bonds is 4. The summed E-state index contributed by atoms with van der Waals surface area (Å²) >= 11 is 0. The third-order valence-electron chi connectivity index (χ3n) is 4.14. The molecule has 0 amide bonds. The van der Waals surface area contributed by atoms with Gasteiger partial charge in [0.15, 0.2) is 0 Å². The highest BCUT2D eigenvalue weighted by Crippen LogP contribution is 2.28. The summed E-state index contributed by atoms with van der Waals surface area (Å²) in [5, 5.41) is 10.5. The lowest BCUT2D eigenvalue weighted by molar-refractivity contribution is 0.0303. The average Bonchev–Trinajstić information content (AvgIpc) is 2.62. The minimum atomic E-state index is -3.71. The van der Waals surface area contributed by atoms with Gasteiger partial charge in [-0.1, -0.05) is 37.8 Å². The minimum absolute atomic E-state index is 0.0447. The third-order valence-corrected chi connectivity index (χ3v) is 5.76. The Morgan fingerprint density at radius 1 is 1.24 bits per heavy atom. The van der Waals surface area contributed by atoms with Crippen molar-refractivity contribution < 1.29 is 13.5 Å². The van der Waals surface area contributed by atoms with Gasteiger partial charge >= 0.3 is 0 Å². The van der Waals surface area contributed by atoms with Crippen molar-refractivity contribution in [3.8, 4) is 0 Å². The van der Waals surface area contributed by atoms with Gasteiger partial charge in [-0.25, -0.2) is 13.1 Å². The highest BCUT2D eigenvalue weighted by atomic mass is 32.2. The van der Waals surface area contributed by atoms with E-state index in [9.17, 15) is 13.5 Å². The van der Waals surface area contributed by atoms with E-state index in [1.54, 1.807) is 25.1 Å². The van der Waals surface area contributed by atoms with Crippen molar-refractivity contribution in [1.29, 1.82) is 0 Å². The quantitative estimate of drug-likeness (QED) is 0.585. The maximum Gasteiger partial charge on any atom is 0.242 e. The largest absolute Gasteiger partial charge is 0.398 e. The molecule has 1 saturated carbocycles. The summed E-state index contributed by atoms with van der Waals surface area (Å²) in [4.78, 5) is 0.113. The van der Waals surface area contributed by atoms with Gasteiger partial charge in [-0.15, -0.1) is 0 Å². The van der Waals surface area contributed by atoms with E-state index in [1.807, 2.05) is 0 Å². The molecule has 6 heteroatoms. The molecule has 1 aromatic rings. The van der Waals surface area contributed by atoms with Crippen molar-refractivity contribution in [2.24, 2.45) is 0 Å². The Labute approximate surface area is 126 Å². The van der Waals surface area contributed by atoms with Crippen LogP contribution in [0.25, 0.3) is 0 Å². The van der Waals surface area contributed by atoms with Gasteiger partial charge in [0.05, 0.1) is 11.3 Å². The Kier molecular flexibility index (Phi) is 4.91. The number of nitrogens with two attached hydrogens (primary N) is 1. The number of hydrogen-bond donors (Lipinski definition) is 3. The van der Waals surface area contributed by atoms with Crippen molar-refractivity contribution in [1.82, 2.24) is 4.72 Å². The van der Waals surface area contributed by atoms with Crippen LogP contribution in [0.5, 0.6) is 0 Å². The van der Waals surface area contributed by atoms with Crippen LogP contribution in [0.1, 0.15) is 44.1 Å². The molecule has 21 heavy (non-hydrogen) atoms. The van der Waals surface area contributed by atoms with Crippen LogP contribution in [-0.2, 0) is 10.0 Å². The van der Waals surface area contributed by atoms with Gasteiger partial charge in [-0.05, 0) is 31.4 Å². The fourth-order valence-electron chi connectivity index (χ4n) is 2.91. The molecule has 0 radical (unpaired) electrons. The first-order chi connectivity index (χ1) is 9.84. The molecule has 1 aromatic carbocycles. The normalized spacial score (nSPS) is 19.1. The second-order valence-electron chi connectivity index (χ2n) is 5.96. The molecule has 1 fully saturated rings. The van der Waals surface area contributed by atoms with Crippen molar-refractivity contribution in [3.05, 3.63) is 23.8 Å². The van der Waals surface area contributed by atoms with Gasteiger partial charge in [-0.2, -0.15) is 0 Å². The first-order valence-corrected chi connectivity index (χ1v) is 8.90. The zero-order valence-electron chi connectivity index (χ0n) is 12.4. The predicted octanol–water partition coefficient (Wildman–Crippen LogP) is 1.94. The van der Waals surface area contributed by atoms with E-state index in [-0.39, 0.29) is 17.1 Å². The molecule has 0 aliphatic heterocycles. The van der Waals surface area contributed by atoms with Crippen LogP contribution in [0.3, 0.4) is 0 Å². The minimum Gasteiger partial charge on any atom is -0.398 e. The van der Waals surface area contributed by atoms with Crippen molar-refractivity contribution >= 4 is 15.7 Å². The van der Waals surface area contributed by atoms with E-state index in [0.29, 0.717) is 18.4 Å². The van der Waals surface area contributed by atoms with E-state index < -0.39 is 15.6 Å². The van der Waals surface area contributed by atoms with Gasteiger partial charge in [0.1, 0.15) is 4.90 Å². The molecule has 0 heterocycles. The summed E-state index contributed by atoms with van der Waals surface area (Å²) in [5.74, 6) is 0. The van der Waals surface area contributed by atoms with E-state index in [4.69, 9.17) is 5.73 Å². The van der Waals surface area contributed by atoms with Crippen LogP contribution in [0.4, 0.5) is 5.69 Å². The molecule has 0 unspecified atom stereocenters. The SMILES string of the molecule is Cc1cccc(N)c1S(=O)(=O)NCC1(O)CCCCCC1. The van der Waals surface area contributed by atoms with Gasteiger partial charge in [-0.3, -0.25) is 0 Å². The Balaban J connectivity index is 2.14. The average molecular weight is 312 g/mol. The van der Waals surface area contributed by atoms with E-state index in [0.717, 1.165) is 25.7 Å². The maximum absolute atomic E-state index is 12.4. The lowest BCUT2D eigenvalue weighted by atomic mass is 9.95. The van der Waals surface area contributed by atoms with Crippen LogP contribution in [-0.4, -0.2) is 25.7 Å². The first-order valence-electron chi connectivity index (χ1n) is 7.41. The Bertz CT molecular complexity index is 571. The standard InChI is InChI=1S/C15H24N2O3S/c1-12-7-6-8-13(16)14(12)21(19,20)17-11-15(18)9-4-2-3-5-10-15/h6-8,17-18H,2-5,9-11,16H2,1H3. The number of benzene rings is 1. The van der Waals surface area contributed by atoms with Crippen LogP contribution >= 0.6 is 0 Å². The molecule has 1 aliphatic carbocycles. The second kappa shape index (κ2) is 6.34. The van der Waals surface area contributed by atoms with Gasteiger partial charge in [0.2, 0.25) is 10.0 Å². The van der Waals surface area contributed by atoms with Crippen LogP contribution in [0.2, 0.25) is 0 Å². The lowest BCUT2D eigenvalue weighted by Gasteiger charge is -2.27. The Morgan fingerprint density at radius 2 is 1.86 bits per heavy atom. The van der Waals surface area contributed by atoms with Crippen LogP contribution < -0.4 is 10.5 Å². The molecule has 2 rings (SSSR count). The van der Waals surface area contributed by atoms with Gasteiger partial charge < -0.3 is 10.8 Å². The molecular weight excluding hydrogens is 288 g/mol.